The van der Waals surface area contributed by atoms with Crippen LogP contribution >= 0.6 is 0 Å². The van der Waals surface area contributed by atoms with Crippen molar-refractivity contribution >= 4 is 0 Å². The van der Waals surface area contributed by atoms with Crippen molar-refractivity contribution in [3.8, 4) is 0 Å². The van der Waals surface area contributed by atoms with Gasteiger partial charge >= 0.3 is 0 Å². The van der Waals surface area contributed by atoms with Gasteiger partial charge in [-0.25, -0.2) is 0 Å². The molecule has 2 rings (SSSR count). The van der Waals surface area contributed by atoms with E-state index in [2.05, 4.69) is 18.1 Å². The molecule has 0 amide bonds. The van der Waals surface area contributed by atoms with E-state index in [4.69, 9.17) is 5.73 Å². The Morgan fingerprint density at radius 3 is 2.60 bits per heavy atom. The minimum Gasteiger partial charge on any atom is -0.328 e. The molecule has 0 radical (unpaired) electrons. The third kappa shape index (κ3) is 2.59. The maximum Gasteiger partial charge on any atom is 0.0596 e. The van der Waals surface area contributed by atoms with Crippen molar-refractivity contribution < 1.29 is 0 Å². The molecule has 3 nitrogen and oxygen atoms in total. The van der Waals surface area contributed by atoms with E-state index in [9.17, 15) is 0 Å². The molecule has 3 heteroatoms. The van der Waals surface area contributed by atoms with E-state index in [1.54, 1.807) is 0 Å². The first-order chi connectivity index (χ1) is 7.15. The van der Waals surface area contributed by atoms with Crippen LogP contribution in [-0.4, -0.2) is 15.8 Å². The Bertz CT molecular complexity index is 322. The Balaban J connectivity index is 1.94. The first-order valence-electron chi connectivity index (χ1n) is 5.90. The molecule has 84 valence electrons. The Morgan fingerprint density at radius 2 is 2.07 bits per heavy atom. The van der Waals surface area contributed by atoms with Gasteiger partial charge in [0.15, 0.2) is 0 Å². The van der Waals surface area contributed by atoms with Crippen LogP contribution in [-0.2, 0) is 13.5 Å². The summed E-state index contributed by atoms with van der Waals surface area (Å²) in [4.78, 5) is 0. The van der Waals surface area contributed by atoms with E-state index < -0.39 is 0 Å². The van der Waals surface area contributed by atoms with E-state index in [1.807, 2.05) is 11.7 Å². The number of hydrogen-bond acceptors (Lipinski definition) is 2. The summed E-state index contributed by atoms with van der Waals surface area (Å²) in [6, 6.07) is 2.66. The zero-order valence-corrected chi connectivity index (χ0v) is 9.74. The topological polar surface area (TPSA) is 43.8 Å². The Kier molecular flexibility index (Phi) is 3.10. The van der Waals surface area contributed by atoms with E-state index in [-0.39, 0.29) is 0 Å². The fraction of sp³-hybridized carbons (Fsp3) is 0.750. The summed E-state index contributed by atoms with van der Waals surface area (Å²) in [5.74, 6) is 0.819. The fourth-order valence-electron chi connectivity index (χ4n) is 2.54. The van der Waals surface area contributed by atoms with E-state index in [0.717, 1.165) is 11.6 Å². The zero-order valence-electron chi connectivity index (χ0n) is 9.74. The molecule has 0 bridgehead atoms. The van der Waals surface area contributed by atoms with Crippen molar-refractivity contribution in [1.29, 1.82) is 0 Å². The lowest BCUT2D eigenvalue weighted by molar-refractivity contribution is 0.320. The van der Waals surface area contributed by atoms with Gasteiger partial charge in [0.25, 0.3) is 0 Å². The predicted octanol–water partition coefficient (Wildman–Crippen LogP) is 1.79. The molecule has 1 aliphatic rings. The van der Waals surface area contributed by atoms with Gasteiger partial charge in [-0.2, -0.15) is 5.10 Å². The number of nitrogens with zero attached hydrogens (tertiary/aromatic N) is 2. The summed E-state index contributed by atoms with van der Waals surface area (Å²) < 4.78 is 2.02. The van der Waals surface area contributed by atoms with Gasteiger partial charge in [-0.3, -0.25) is 4.68 Å². The molecule has 0 aromatic carbocycles. The molecule has 1 heterocycles. The first kappa shape index (κ1) is 10.7. The van der Waals surface area contributed by atoms with Gasteiger partial charge in [-0.15, -0.1) is 0 Å². The van der Waals surface area contributed by atoms with E-state index >= 15 is 0 Å². The second kappa shape index (κ2) is 4.35. The third-order valence-electron chi connectivity index (χ3n) is 3.49. The van der Waals surface area contributed by atoms with Crippen molar-refractivity contribution in [2.75, 3.05) is 0 Å². The van der Waals surface area contributed by atoms with Gasteiger partial charge in [-0.05, 0) is 51.0 Å². The lowest BCUT2D eigenvalue weighted by Crippen LogP contribution is -2.27. The van der Waals surface area contributed by atoms with Crippen LogP contribution in [0.15, 0.2) is 6.07 Å². The Hall–Kier alpha value is -0.830. The highest BCUT2D eigenvalue weighted by Crippen LogP contribution is 2.26. The summed E-state index contributed by atoms with van der Waals surface area (Å²) in [6.45, 7) is 2.06. The zero-order chi connectivity index (χ0) is 10.8. The normalized spacial score (nSPS) is 26.9. The van der Waals surface area contributed by atoms with Crippen LogP contribution in [0, 0.1) is 12.8 Å². The highest BCUT2D eigenvalue weighted by Gasteiger charge is 2.19. The summed E-state index contributed by atoms with van der Waals surface area (Å²) in [5.41, 5.74) is 8.40. The molecule has 0 spiro atoms. The average molecular weight is 207 g/mol. The van der Waals surface area contributed by atoms with Crippen LogP contribution in [0.4, 0.5) is 0 Å². The predicted molar refractivity (Wildman–Crippen MR) is 61.6 cm³/mol. The Labute approximate surface area is 91.7 Å². The number of nitrogens with two attached hydrogens (primary N) is 1. The smallest absolute Gasteiger partial charge is 0.0596 e. The van der Waals surface area contributed by atoms with Crippen molar-refractivity contribution in [3.05, 3.63) is 17.5 Å². The fourth-order valence-corrected chi connectivity index (χ4v) is 2.54. The van der Waals surface area contributed by atoms with Crippen LogP contribution < -0.4 is 5.73 Å². The van der Waals surface area contributed by atoms with Crippen molar-refractivity contribution in [2.24, 2.45) is 18.7 Å². The van der Waals surface area contributed by atoms with Crippen molar-refractivity contribution in [1.82, 2.24) is 9.78 Å². The van der Waals surface area contributed by atoms with Gasteiger partial charge in [0.2, 0.25) is 0 Å². The van der Waals surface area contributed by atoms with Gasteiger partial charge < -0.3 is 5.73 Å². The van der Waals surface area contributed by atoms with Crippen LogP contribution in [0.25, 0.3) is 0 Å². The van der Waals surface area contributed by atoms with Crippen LogP contribution in [0.1, 0.15) is 37.1 Å². The SMILES string of the molecule is Cc1cc(CC2CCC(N)CC2)n(C)n1. The van der Waals surface area contributed by atoms with Crippen molar-refractivity contribution in [3.63, 3.8) is 0 Å². The Morgan fingerprint density at radius 1 is 1.40 bits per heavy atom. The average Bonchev–Trinajstić information content (AvgIpc) is 2.49. The second-order valence-corrected chi connectivity index (χ2v) is 4.89. The molecule has 15 heavy (non-hydrogen) atoms. The largest absolute Gasteiger partial charge is 0.328 e. The highest BCUT2D eigenvalue weighted by atomic mass is 15.3. The number of aromatic nitrogens is 2. The van der Waals surface area contributed by atoms with Crippen LogP contribution in [0.2, 0.25) is 0 Å². The molecule has 1 aromatic rings. The molecule has 1 aromatic heterocycles. The number of aryl methyl sites for hydroxylation is 2. The molecule has 0 aliphatic heterocycles. The summed E-state index contributed by atoms with van der Waals surface area (Å²) in [5, 5.41) is 4.38. The minimum absolute atomic E-state index is 0.453. The van der Waals surface area contributed by atoms with Crippen LogP contribution in [0.3, 0.4) is 0 Å². The van der Waals surface area contributed by atoms with Crippen molar-refractivity contribution in [2.45, 2.75) is 45.1 Å². The number of hydrogen-bond donors (Lipinski definition) is 1. The molecular weight excluding hydrogens is 186 g/mol. The lowest BCUT2D eigenvalue weighted by Gasteiger charge is -2.25. The maximum atomic E-state index is 5.91. The molecular formula is C12H21N3. The third-order valence-corrected chi connectivity index (χ3v) is 3.49. The van der Waals surface area contributed by atoms with Gasteiger partial charge in [0.05, 0.1) is 5.69 Å². The van der Waals surface area contributed by atoms with Gasteiger partial charge in [0.1, 0.15) is 0 Å². The molecule has 0 saturated heterocycles. The summed E-state index contributed by atoms with van der Waals surface area (Å²) in [6.07, 6.45) is 6.13. The van der Waals surface area contributed by atoms with Gasteiger partial charge in [-0.1, -0.05) is 0 Å². The van der Waals surface area contributed by atoms with E-state index in [0.29, 0.717) is 6.04 Å². The second-order valence-electron chi connectivity index (χ2n) is 4.89. The lowest BCUT2D eigenvalue weighted by atomic mass is 9.84. The minimum atomic E-state index is 0.453. The van der Waals surface area contributed by atoms with Gasteiger partial charge in [0, 0.05) is 18.8 Å². The molecule has 1 saturated carbocycles. The molecule has 1 fully saturated rings. The van der Waals surface area contributed by atoms with E-state index in [1.165, 1.54) is 37.8 Å². The monoisotopic (exact) mass is 207 g/mol. The molecule has 0 unspecified atom stereocenters. The quantitative estimate of drug-likeness (QED) is 0.803. The summed E-state index contributed by atoms with van der Waals surface area (Å²) >= 11 is 0. The summed E-state index contributed by atoms with van der Waals surface area (Å²) in [7, 11) is 2.04. The highest BCUT2D eigenvalue weighted by molar-refractivity contribution is 5.09. The molecule has 2 N–H and O–H groups in total. The first-order valence-corrected chi connectivity index (χ1v) is 5.90. The number of rotatable bonds is 2. The molecule has 1 aliphatic carbocycles. The molecule has 0 atom stereocenters. The standard InChI is InChI=1S/C12H21N3/c1-9-7-12(15(2)14-9)8-10-3-5-11(13)6-4-10/h7,10-11H,3-6,8,13H2,1-2H3. The maximum absolute atomic E-state index is 5.91. The van der Waals surface area contributed by atoms with Crippen LogP contribution in [0.5, 0.6) is 0 Å².